The summed E-state index contributed by atoms with van der Waals surface area (Å²) in [5, 5.41) is 0.508. The molecule has 3 aromatic rings. The first-order valence-electron chi connectivity index (χ1n) is 6.03. The van der Waals surface area contributed by atoms with E-state index >= 15 is 0 Å². The molecular formula is C14H10FN5O. The van der Waals surface area contributed by atoms with Gasteiger partial charge in [-0.1, -0.05) is 0 Å². The summed E-state index contributed by atoms with van der Waals surface area (Å²) in [4.78, 5) is 23.1. The molecule has 3 rings (SSSR count). The van der Waals surface area contributed by atoms with E-state index in [9.17, 15) is 9.18 Å². The summed E-state index contributed by atoms with van der Waals surface area (Å²) < 4.78 is 13.2. The van der Waals surface area contributed by atoms with Crippen molar-refractivity contribution in [2.45, 2.75) is 0 Å². The summed E-state index contributed by atoms with van der Waals surface area (Å²) in [6.07, 6.45) is 2.66. The number of carbonyl (C=O) groups excluding carboxylic acids is 1. The summed E-state index contributed by atoms with van der Waals surface area (Å²) in [6, 6.07) is 6.20. The molecule has 6 nitrogen and oxygen atoms in total. The van der Waals surface area contributed by atoms with Crippen molar-refractivity contribution in [2.24, 2.45) is 5.73 Å². The predicted octanol–water partition coefficient (Wildman–Crippen LogP) is 1.51. The highest BCUT2D eigenvalue weighted by atomic mass is 19.1. The third kappa shape index (κ3) is 2.25. The monoisotopic (exact) mass is 283 g/mol. The minimum Gasteiger partial charge on any atom is -0.382 e. The zero-order valence-corrected chi connectivity index (χ0v) is 10.7. The molecule has 21 heavy (non-hydrogen) atoms. The highest BCUT2D eigenvalue weighted by Gasteiger charge is 2.12. The summed E-state index contributed by atoms with van der Waals surface area (Å²) >= 11 is 0. The van der Waals surface area contributed by atoms with E-state index < -0.39 is 11.9 Å². The second kappa shape index (κ2) is 4.78. The van der Waals surface area contributed by atoms with Crippen molar-refractivity contribution in [2.75, 3.05) is 5.73 Å². The normalized spacial score (nSPS) is 10.7. The lowest BCUT2D eigenvalue weighted by Crippen LogP contribution is -2.13. The molecule has 3 aromatic heterocycles. The molecule has 0 aliphatic heterocycles. The van der Waals surface area contributed by atoms with Crippen LogP contribution < -0.4 is 11.5 Å². The van der Waals surface area contributed by atoms with Gasteiger partial charge in [0.2, 0.25) is 5.95 Å². The Morgan fingerprint density at radius 3 is 2.71 bits per heavy atom. The van der Waals surface area contributed by atoms with Crippen LogP contribution in [0.3, 0.4) is 0 Å². The lowest BCUT2D eigenvalue weighted by Gasteiger charge is -2.07. The molecule has 0 aliphatic rings. The number of fused-ring (bicyclic) bond motifs is 1. The Kier molecular flexibility index (Phi) is 2.94. The van der Waals surface area contributed by atoms with E-state index in [0.717, 1.165) is 0 Å². The summed E-state index contributed by atoms with van der Waals surface area (Å²) in [7, 11) is 0. The topological polar surface area (TPSA) is 108 Å². The molecular weight excluding hydrogens is 273 g/mol. The first-order valence-corrected chi connectivity index (χ1v) is 6.03. The van der Waals surface area contributed by atoms with Crippen molar-refractivity contribution in [1.29, 1.82) is 0 Å². The van der Waals surface area contributed by atoms with Gasteiger partial charge in [-0.05, 0) is 18.2 Å². The van der Waals surface area contributed by atoms with Gasteiger partial charge in [0.1, 0.15) is 11.3 Å². The zero-order chi connectivity index (χ0) is 15.0. The van der Waals surface area contributed by atoms with E-state index in [-0.39, 0.29) is 11.4 Å². The van der Waals surface area contributed by atoms with Gasteiger partial charge in [-0.25, -0.2) is 15.0 Å². The number of amides is 1. The average Bonchev–Trinajstić information content (AvgIpc) is 2.47. The van der Waals surface area contributed by atoms with Crippen molar-refractivity contribution < 1.29 is 9.18 Å². The summed E-state index contributed by atoms with van der Waals surface area (Å²) in [6.45, 7) is 0. The van der Waals surface area contributed by atoms with Crippen molar-refractivity contribution in [3.05, 3.63) is 48.2 Å². The van der Waals surface area contributed by atoms with Crippen molar-refractivity contribution in [3.8, 4) is 11.3 Å². The third-order valence-corrected chi connectivity index (χ3v) is 3.05. The number of pyridine rings is 3. The maximum absolute atomic E-state index is 13.2. The Labute approximate surface area is 118 Å². The molecule has 1 amide bonds. The first-order chi connectivity index (χ1) is 10.1. The number of nitrogens with two attached hydrogens (primary N) is 2. The van der Waals surface area contributed by atoms with Crippen LogP contribution >= 0.6 is 0 Å². The van der Waals surface area contributed by atoms with Crippen LogP contribution in [0, 0.1) is 5.95 Å². The number of nitrogen functional groups attached to an aromatic ring is 1. The van der Waals surface area contributed by atoms with E-state index in [2.05, 4.69) is 15.0 Å². The Balaban J connectivity index is 2.25. The van der Waals surface area contributed by atoms with E-state index in [1.165, 1.54) is 18.5 Å². The molecule has 0 atom stereocenters. The number of nitrogens with zero attached hydrogens (tertiary/aromatic N) is 3. The number of anilines is 1. The second-order valence-electron chi connectivity index (χ2n) is 4.38. The van der Waals surface area contributed by atoms with Crippen molar-refractivity contribution in [3.63, 3.8) is 0 Å². The Bertz CT molecular complexity index is 865. The molecule has 3 heterocycles. The predicted molar refractivity (Wildman–Crippen MR) is 75.7 cm³/mol. The van der Waals surface area contributed by atoms with E-state index in [1.807, 2.05) is 0 Å². The van der Waals surface area contributed by atoms with Gasteiger partial charge in [0.05, 0.1) is 11.3 Å². The fraction of sp³-hybridized carbons (Fsp3) is 0. The Morgan fingerprint density at radius 1 is 1.19 bits per heavy atom. The quantitative estimate of drug-likeness (QED) is 0.693. The molecule has 0 aromatic carbocycles. The first kappa shape index (κ1) is 12.9. The van der Waals surface area contributed by atoms with Gasteiger partial charge in [-0.15, -0.1) is 0 Å². The smallest absolute Gasteiger partial charge is 0.250 e. The third-order valence-electron chi connectivity index (χ3n) is 3.05. The minimum absolute atomic E-state index is 0.173. The number of aromatic nitrogens is 3. The van der Waals surface area contributed by atoms with Gasteiger partial charge in [-0.2, -0.15) is 4.39 Å². The largest absolute Gasteiger partial charge is 0.382 e. The number of carbonyl (C=O) groups is 1. The highest BCUT2D eigenvalue weighted by molar-refractivity contribution is 6.07. The van der Waals surface area contributed by atoms with Gasteiger partial charge in [0, 0.05) is 29.4 Å². The van der Waals surface area contributed by atoms with Crippen LogP contribution in [-0.4, -0.2) is 20.9 Å². The van der Waals surface area contributed by atoms with Crippen molar-refractivity contribution >= 4 is 22.6 Å². The van der Waals surface area contributed by atoms with Crippen LogP contribution in [0.2, 0.25) is 0 Å². The fourth-order valence-electron chi connectivity index (χ4n) is 2.06. The van der Waals surface area contributed by atoms with Crippen LogP contribution in [0.15, 0.2) is 36.7 Å². The van der Waals surface area contributed by atoms with E-state index in [0.29, 0.717) is 22.2 Å². The average molecular weight is 283 g/mol. The van der Waals surface area contributed by atoms with Gasteiger partial charge >= 0.3 is 0 Å². The standard InChI is InChI=1S/C14H10FN5O/c15-11-5-7(3-4-18-11)10-2-1-8-9(14(17)21)6-19-13(16)12(8)20-10/h1-6H,(H2,16,19)(H2,17,21). The summed E-state index contributed by atoms with van der Waals surface area (Å²) in [5.74, 6) is -1.05. The number of hydrogen-bond donors (Lipinski definition) is 2. The van der Waals surface area contributed by atoms with Crippen LogP contribution in [0.25, 0.3) is 22.2 Å². The van der Waals surface area contributed by atoms with E-state index in [1.54, 1.807) is 18.2 Å². The second-order valence-corrected chi connectivity index (χ2v) is 4.38. The summed E-state index contributed by atoms with van der Waals surface area (Å²) in [5.41, 5.74) is 12.7. The molecule has 0 spiro atoms. The number of hydrogen-bond acceptors (Lipinski definition) is 5. The molecule has 0 saturated heterocycles. The molecule has 0 unspecified atom stereocenters. The number of primary amides is 1. The maximum Gasteiger partial charge on any atom is 0.250 e. The molecule has 0 saturated carbocycles. The Hall–Kier alpha value is -3.09. The van der Waals surface area contributed by atoms with Gasteiger partial charge in [0.15, 0.2) is 0 Å². The van der Waals surface area contributed by atoms with Crippen LogP contribution in [0.4, 0.5) is 10.2 Å². The van der Waals surface area contributed by atoms with Gasteiger partial charge in [0.25, 0.3) is 5.91 Å². The molecule has 7 heteroatoms. The van der Waals surface area contributed by atoms with Crippen molar-refractivity contribution in [1.82, 2.24) is 15.0 Å². The maximum atomic E-state index is 13.2. The lowest BCUT2D eigenvalue weighted by atomic mass is 10.1. The highest BCUT2D eigenvalue weighted by Crippen LogP contribution is 2.25. The van der Waals surface area contributed by atoms with Crippen LogP contribution in [0.1, 0.15) is 10.4 Å². The molecule has 4 N–H and O–H groups in total. The lowest BCUT2D eigenvalue weighted by molar-refractivity contribution is 0.100. The fourth-order valence-corrected chi connectivity index (χ4v) is 2.06. The zero-order valence-electron chi connectivity index (χ0n) is 10.7. The van der Waals surface area contributed by atoms with Gasteiger partial charge < -0.3 is 11.5 Å². The molecule has 0 aliphatic carbocycles. The SMILES string of the molecule is NC(=O)c1cnc(N)c2nc(-c3ccnc(F)c3)ccc12. The number of halogens is 1. The number of rotatable bonds is 2. The van der Waals surface area contributed by atoms with Gasteiger partial charge in [-0.3, -0.25) is 4.79 Å². The molecule has 0 fully saturated rings. The van der Waals surface area contributed by atoms with E-state index in [4.69, 9.17) is 11.5 Å². The van der Waals surface area contributed by atoms with Crippen LogP contribution in [-0.2, 0) is 0 Å². The molecule has 104 valence electrons. The molecule has 0 radical (unpaired) electrons. The Morgan fingerprint density at radius 2 is 2.00 bits per heavy atom. The van der Waals surface area contributed by atoms with Crippen LogP contribution in [0.5, 0.6) is 0 Å². The molecule has 0 bridgehead atoms. The minimum atomic E-state index is -0.614.